The molecule has 2 N–H and O–H groups in total. The Morgan fingerprint density at radius 1 is 1.30 bits per heavy atom. The predicted molar refractivity (Wildman–Crippen MR) is 88.3 cm³/mol. The second-order valence-corrected chi connectivity index (χ2v) is 5.65. The number of hydrogen-bond acceptors (Lipinski definition) is 3. The maximum absolute atomic E-state index is 13.0. The summed E-state index contributed by atoms with van der Waals surface area (Å²) in [5.41, 5.74) is 8.69. The van der Waals surface area contributed by atoms with E-state index in [-0.39, 0.29) is 17.7 Å². The second-order valence-electron chi connectivity index (χ2n) is 5.65. The molecule has 0 saturated heterocycles. The molecular formula is C18H19N3O2. The fourth-order valence-electron chi connectivity index (χ4n) is 3.13. The van der Waals surface area contributed by atoms with E-state index in [0.717, 1.165) is 23.2 Å². The van der Waals surface area contributed by atoms with Gasteiger partial charge in [-0.25, -0.2) is 0 Å². The van der Waals surface area contributed by atoms with Crippen LogP contribution in [-0.2, 0) is 11.2 Å². The highest BCUT2D eigenvalue weighted by atomic mass is 16.2. The first-order valence-electron chi connectivity index (χ1n) is 7.76. The Bertz CT molecular complexity index is 757. The van der Waals surface area contributed by atoms with E-state index >= 15 is 0 Å². The number of carbonyl (C=O) groups is 2. The summed E-state index contributed by atoms with van der Waals surface area (Å²) in [5, 5.41) is 0. The standard InChI is InChI=1S/C18H19N3O2/c1-2-12-11-20-9-7-13(12)18(23)21-10-8-15(17(19)22)14-5-3-4-6-16(14)21/h3-7,9,11,15H,2,8,10H2,1H3,(H2,19,22)/t15-/m1/s1. The number of nitrogens with zero attached hydrogens (tertiary/aromatic N) is 2. The largest absolute Gasteiger partial charge is 0.369 e. The molecule has 0 bridgehead atoms. The molecule has 0 aliphatic carbocycles. The lowest BCUT2D eigenvalue weighted by molar-refractivity contribution is -0.119. The Labute approximate surface area is 135 Å². The van der Waals surface area contributed by atoms with E-state index in [9.17, 15) is 9.59 Å². The first-order valence-corrected chi connectivity index (χ1v) is 7.76. The Morgan fingerprint density at radius 2 is 2.09 bits per heavy atom. The van der Waals surface area contributed by atoms with Gasteiger partial charge < -0.3 is 10.6 Å². The van der Waals surface area contributed by atoms with Crippen molar-refractivity contribution in [3.05, 3.63) is 59.4 Å². The monoisotopic (exact) mass is 309 g/mol. The smallest absolute Gasteiger partial charge is 0.258 e. The number of aromatic nitrogens is 1. The molecule has 1 atom stereocenters. The fraction of sp³-hybridized carbons (Fsp3) is 0.278. The van der Waals surface area contributed by atoms with Crippen LogP contribution in [0.25, 0.3) is 0 Å². The lowest BCUT2D eigenvalue weighted by Crippen LogP contribution is -2.39. The van der Waals surface area contributed by atoms with E-state index in [1.807, 2.05) is 31.2 Å². The Hall–Kier alpha value is -2.69. The zero-order chi connectivity index (χ0) is 16.4. The molecule has 0 fully saturated rings. The molecule has 1 aliphatic heterocycles. The van der Waals surface area contributed by atoms with Crippen LogP contribution >= 0.6 is 0 Å². The second kappa shape index (κ2) is 6.20. The number of fused-ring (bicyclic) bond motifs is 1. The highest BCUT2D eigenvalue weighted by Gasteiger charge is 2.32. The number of anilines is 1. The Morgan fingerprint density at radius 3 is 2.83 bits per heavy atom. The van der Waals surface area contributed by atoms with Crippen LogP contribution in [0.15, 0.2) is 42.7 Å². The van der Waals surface area contributed by atoms with Crippen LogP contribution in [0, 0.1) is 0 Å². The van der Waals surface area contributed by atoms with Crippen molar-refractivity contribution in [1.29, 1.82) is 0 Å². The van der Waals surface area contributed by atoms with Crippen LogP contribution in [0.3, 0.4) is 0 Å². The molecule has 2 amide bonds. The lowest BCUT2D eigenvalue weighted by atomic mass is 9.89. The van der Waals surface area contributed by atoms with Gasteiger partial charge >= 0.3 is 0 Å². The quantitative estimate of drug-likeness (QED) is 0.945. The number of para-hydroxylation sites is 1. The minimum Gasteiger partial charge on any atom is -0.369 e. The van der Waals surface area contributed by atoms with Gasteiger partial charge in [-0.2, -0.15) is 0 Å². The van der Waals surface area contributed by atoms with Crippen LogP contribution in [0.1, 0.15) is 40.7 Å². The molecule has 1 aromatic heterocycles. The van der Waals surface area contributed by atoms with Crippen molar-refractivity contribution in [3.63, 3.8) is 0 Å². The minimum atomic E-state index is -0.345. The minimum absolute atomic E-state index is 0.0559. The molecule has 0 spiro atoms. The Kier molecular flexibility index (Phi) is 4.10. The number of rotatable bonds is 3. The molecule has 1 aliphatic rings. The van der Waals surface area contributed by atoms with Gasteiger partial charge in [-0.3, -0.25) is 14.6 Å². The fourth-order valence-corrected chi connectivity index (χ4v) is 3.13. The number of primary amides is 1. The predicted octanol–water partition coefficient (Wildman–Crippen LogP) is 2.26. The van der Waals surface area contributed by atoms with E-state index in [0.29, 0.717) is 18.5 Å². The van der Waals surface area contributed by atoms with Crippen molar-refractivity contribution in [2.24, 2.45) is 5.73 Å². The molecule has 5 heteroatoms. The van der Waals surface area contributed by atoms with Crippen molar-refractivity contribution >= 4 is 17.5 Å². The normalized spacial score (nSPS) is 16.7. The van der Waals surface area contributed by atoms with E-state index in [2.05, 4.69) is 4.98 Å². The van der Waals surface area contributed by atoms with Crippen LogP contribution in [0.2, 0.25) is 0 Å². The van der Waals surface area contributed by atoms with Crippen LogP contribution < -0.4 is 10.6 Å². The van der Waals surface area contributed by atoms with Gasteiger partial charge in [0.05, 0.1) is 5.92 Å². The number of benzene rings is 1. The summed E-state index contributed by atoms with van der Waals surface area (Å²) in [6, 6.07) is 9.24. The van der Waals surface area contributed by atoms with Gasteiger partial charge in [0.15, 0.2) is 0 Å². The first kappa shape index (κ1) is 15.2. The molecule has 1 aromatic carbocycles. The summed E-state index contributed by atoms with van der Waals surface area (Å²) >= 11 is 0. The summed E-state index contributed by atoms with van der Waals surface area (Å²) in [6.07, 6.45) is 4.66. The number of pyridine rings is 1. The van der Waals surface area contributed by atoms with Crippen molar-refractivity contribution in [3.8, 4) is 0 Å². The molecule has 2 heterocycles. The summed E-state index contributed by atoms with van der Waals surface area (Å²) in [7, 11) is 0. The zero-order valence-electron chi connectivity index (χ0n) is 13.0. The molecule has 23 heavy (non-hydrogen) atoms. The van der Waals surface area contributed by atoms with Gasteiger partial charge in [0, 0.05) is 30.2 Å². The first-order chi connectivity index (χ1) is 11.1. The van der Waals surface area contributed by atoms with Gasteiger partial charge in [-0.15, -0.1) is 0 Å². The average molecular weight is 309 g/mol. The molecule has 3 rings (SSSR count). The number of hydrogen-bond donors (Lipinski definition) is 1. The third kappa shape index (κ3) is 2.70. The molecule has 0 unspecified atom stereocenters. The highest BCUT2D eigenvalue weighted by molar-refractivity contribution is 6.08. The molecule has 0 saturated carbocycles. The molecule has 2 aromatic rings. The van der Waals surface area contributed by atoms with Crippen molar-refractivity contribution in [2.75, 3.05) is 11.4 Å². The lowest BCUT2D eigenvalue weighted by Gasteiger charge is -2.33. The van der Waals surface area contributed by atoms with Gasteiger partial charge in [0.2, 0.25) is 5.91 Å². The van der Waals surface area contributed by atoms with Gasteiger partial charge in [-0.1, -0.05) is 25.1 Å². The average Bonchev–Trinajstić information content (AvgIpc) is 2.60. The number of nitrogens with two attached hydrogens (primary N) is 1. The van der Waals surface area contributed by atoms with Crippen molar-refractivity contribution in [2.45, 2.75) is 25.7 Å². The SMILES string of the molecule is CCc1cnccc1C(=O)N1CC[C@@H](C(N)=O)c2ccccc21. The number of amides is 2. The summed E-state index contributed by atoms with van der Waals surface area (Å²) in [6.45, 7) is 2.48. The van der Waals surface area contributed by atoms with Crippen molar-refractivity contribution < 1.29 is 9.59 Å². The maximum atomic E-state index is 13.0. The van der Waals surface area contributed by atoms with Gasteiger partial charge in [-0.05, 0) is 36.1 Å². The number of carbonyl (C=O) groups excluding carboxylic acids is 2. The van der Waals surface area contributed by atoms with Crippen LogP contribution in [0.4, 0.5) is 5.69 Å². The van der Waals surface area contributed by atoms with E-state index in [1.54, 1.807) is 23.4 Å². The zero-order valence-corrected chi connectivity index (χ0v) is 13.0. The molecule has 0 radical (unpaired) electrons. The third-order valence-electron chi connectivity index (χ3n) is 4.35. The Balaban J connectivity index is 2.02. The van der Waals surface area contributed by atoms with Crippen molar-refractivity contribution in [1.82, 2.24) is 4.98 Å². The molecule has 118 valence electrons. The van der Waals surface area contributed by atoms with Gasteiger partial charge in [0.1, 0.15) is 0 Å². The van der Waals surface area contributed by atoms with Crippen LogP contribution in [0.5, 0.6) is 0 Å². The third-order valence-corrected chi connectivity index (χ3v) is 4.35. The summed E-state index contributed by atoms with van der Waals surface area (Å²) in [5.74, 6) is -0.735. The number of aryl methyl sites for hydroxylation is 1. The summed E-state index contributed by atoms with van der Waals surface area (Å²) < 4.78 is 0. The van der Waals surface area contributed by atoms with E-state index < -0.39 is 0 Å². The molecular weight excluding hydrogens is 290 g/mol. The van der Waals surface area contributed by atoms with E-state index in [4.69, 9.17) is 5.73 Å². The summed E-state index contributed by atoms with van der Waals surface area (Å²) in [4.78, 5) is 30.5. The van der Waals surface area contributed by atoms with Crippen LogP contribution in [-0.4, -0.2) is 23.3 Å². The maximum Gasteiger partial charge on any atom is 0.258 e. The van der Waals surface area contributed by atoms with Gasteiger partial charge in [0.25, 0.3) is 5.91 Å². The topological polar surface area (TPSA) is 76.3 Å². The highest BCUT2D eigenvalue weighted by Crippen LogP contribution is 2.35. The van der Waals surface area contributed by atoms with E-state index in [1.165, 1.54) is 0 Å². The molecule has 5 nitrogen and oxygen atoms in total.